The molecule has 0 amide bonds. The minimum absolute atomic E-state index is 0.346. The van der Waals surface area contributed by atoms with Crippen LogP contribution in [-0.2, 0) is 6.42 Å². The van der Waals surface area contributed by atoms with Gasteiger partial charge in [-0.25, -0.2) is 4.98 Å². The summed E-state index contributed by atoms with van der Waals surface area (Å²) in [5.41, 5.74) is 2.40. The van der Waals surface area contributed by atoms with E-state index in [2.05, 4.69) is 53.9 Å². The zero-order valence-corrected chi connectivity index (χ0v) is 13.5. The first-order valence-corrected chi connectivity index (χ1v) is 7.74. The highest BCUT2D eigenvalue weighted by atomic mass is 15.3. The molecular formula is C16H25N5. The predicted molar refractivity (Wildman–Crippen MR) is 85.9 cm³/mol. The number of aromatic nitrogens is 3. The van der Waals surface area contributed by atoms with Gasteiger partial charge in [-0.3, -0.25) is 0 Å². The maximum atomic E-state index is 4.62. The molecule has 0 N–H and O–H groups in total. The van der Waals surface area contributed by atoms with Gasteiger partial charge in [0.25, 0.3) is 0 Å². The summed E-state index contributed by atoms with van der Waals surface area (Å²) in [4.78, 5) is 9.37. The van der Waals surface area contributed by atoms with E-state index in [0.29, 0.717) is 5.41 Å². The van der Waals surface area contributed by atoms with Gasteiger partial charge in [-0.05, 0) is 31.8 Å². The van der Waals surface area contributed by atoms with Gasteiger partial charge in [0.05, 0.1) is 6.20 Å². The van der Waals surface area contributed by atoms with Gasteiger partial charge < -0.3 is 9.80 Å². The second kappa shape index (κ2) is 5.30. The number of hydrogen-bond acceptors (Lipinski definition) is 4. The molecule has 1 atom stereocenters. The molecule has 21 heavy (non-hydrogen) atoms. The van der Waals surface area contributed by atoms with Crippen LogP contribution in [0.1, 0.15) is 26.0 Å². The Kier molecular flexibility index (Phi) is 3.61. The number of likely N-dealkylation sites (tertiary alicyclic amines) is 1. The molecule has 0 saturated carbocycles. The molecule has 1 fully saturated rings. The minimum atomic E-state index is 0.346. The van der Waals surface area contributed by atoms with Crippen molar-refractivity contribution in [3.05, 3.63) is 24.0 Å². The summed E-state index contributed by atoms with van der Waals surface area (Å²) in [5, 5.41) is 4.43. The Labute approximate surface area is 126 Å². The summed E-state index contributed by atoms with van der Waals surface area (Å²) in [5.74, 6) is 1.14. The van der Waals surface area contributed by atoms with E-state index in [4.69, 9.17) is 0 Å². The van der Waals surface area contributed by atoms with Crippen molar-refractivity contribution >= 4 is 11.5 Å². The molecule has 2 aromatic heterocycles. The molecule has 1 unspecified atom stereocenters. The third-order valence-corrected chi connectivity index (χ3v) is 4.51. The molecule has 3 rings (SSSR count). The van der Waals surface area contributed by atoms with E-state index in [1.807, 2.05) is 16.8 Å². The van der Waals surface area contributed by atoms with Crippen LogP contribution in [0.4, 0.5) is 5.82 Å². The zero-order valence-electron chi connectivity index (χ0n) is 13.5. The molecule has 1 aliphatic heterocycles. The van der Waals surface area contributed by atoms with E-state index in [1.54, 1.807) is 0 Å². The Morgan fingerprint density at radius 2 is 2.24 bits per heavy atom. The fourth-order valence-electron chi connectivity index (χ4n) is 3.45. The average Bonchev–Trinajstić information content (AvgIpc) is 3.03. The van der Waals surface area contributed by atoms with Crippen LogP contribution in [0.25, 0.3) is 5.65 Å². The molecule has 0 aliphatic carbocycles. The van der Waals surface area contributed by atoms with E-state index >= 15 is 0 Å². The first-order chi connectivity index (χ1) is 10.0. The Morgan fingerprint density at radius 1 is 1.43 bits per heavy atom. The monoisotopic (exact) mass is 287 g/mol. The summed E-state index contributed by atoms with van der Waals surface area (Å²) >= 11 is 0. The molecular weight excluding hydrogens is 262 g/mol. The second-order valence-corrected chi connectivity index (χ2v) is 6.71. The summed E-state index contributed by atoms with van der Waals surface area (Å²) in [6.07, 6.45) is 4.02. The number of hydrogen-bond donors (Lipinski definition) is 0. The van der Waals surface area contributed by atoms with Crippen molar-refractivity contribution in [1.82, 2.24) is 19.5 Å². The van der Waals surface area contributed by atoms with Gasteiger partial charge in [-0.15, -0.1) is 0 Å². The van der Waals surface area contributed by atoms with E-state index in [1.165, 1.54) is 13.0 Å². The number of fused-ring (bicyclic) bond motifs is 1. The highest BCUT2D eigenvalue weighted by molar-refractivity contribution is 5.50. The SMILES string of the molecule is CCc1cc(N(C)CC2(C)CCN(C)C2)n2nccc2n1. The largest absolute Gasteiger partial charge is 0.359 e. The smallest absolute Gasteiger partial charge is 0.157 e. The van der Waals surface area contributed by atoms with E-state index < -0.39 is 0 Å². The van der Waals surface area contributed by atoms with Crippen LogP contribution in [-0.4, -0.2) is 53.2 Å². The van der Waals surface area contributed by atoms with Crippen molar-refractivity contribution in [1.29, 1.82) is 0 Å². The van der Waals surface area contributed by atoms with Crippen LogP contribution >= 0.6 is 0 Å². The molecule has 114 valence electrons. The third kappa shape index (κ3) is 2.75. The maximum Gasteiger partial charge on any atom is 0.157 e. The van der Waals surface area contributed by atoms with E-state index in [0.717, 1.165) is 36.7 Å². The molecule has 2 aromatic rings. The highest BCUT2D eigenvalue weighted by Crippen LogP contribution is 2.31. The topological polar surface area (TPSA) is 36.7 Å². The Morgan fingerprint density at radius 3 is 2.90 bits per heavy atom. The summed E-state index contributed by atoms with van der Waals surface area (Å²) in [6, 6.07) is 4.14. The fraction of sp³-hybridized carbons (Fsp3) is 0.625. The van der Waals surface area contributed by atoms with Crippen molar-refractivity contribution in [2.45, 2.75) is 26.7 Å². The van der Waals surface area contributed by atoms with Crippen LogP contribution in [0.15, 0.2) is 18.3 Å². The van der Waals surface area contributed by atoms with Crippen molar-refractivity contribution in [2.24, 2.45) is 5.41 Å². The van der Waals surface area contributed by atoms with Gasteiger partial charge in [-0.1, -0.05) is 13.8 Å². The fourth-order valence-corrected chi connectivity index (χ4v) is 3.45. The number of rotatable bonds is 4. The lowest BCUT2D eigenvalue weighted by Gasteiger charge is -2.31. The van der Waals surface area contributed by atoms with E-state index in [-0.39, 0.29) is 0 Å². The Bertz CT molecular complexity index is 635. The summed E-state index contributed by atoms with van der Waals surface area (Å²) in [6.45, 7) is 7.92. The van der Waals surface area contributed by atoms with Crippen LogP contribution in [0.2, 0.25) is 0 Å². The predicted octanol–water partition coefficient (Wildman–Crippen LogP) is 2.07. The first kappa shape index (κ1) is 14.3. The van der Waals surface area contributed by atoms with E-state index in [9.17, 15) is 0 Å². The van der Waals surface area contributed by atoms with Crippen LogP contribution in [0.5, 0.6) is 0 Å². The van der Waals surface area contributed by atoms with Gasteiger partial charge in [0.1, 0.15) is 5.82 Å². The molecule has 3 heterocycles. The molecule has 0 radical (unpaired) electrons. The first-order valence-electron chi connectivity index (χ1n) is 7.74. The average molecular weight is 287 g/mol. The van der Waals surface area contributed by atoms with Crippen molar-refractivity contribution in [3.63, 3.8) is 0 Å². The zero-order chi connectivity index (χ0) is 15.0. The number of nitrogens with zero attached hydrogens (tertiary/aromatic N) is 5. The van der Waals surface area contributed by atoms with Crippen LogP contribution in [0, 0.1) is 5.41 Å². The van der Waals surface area contributed by atoms with Crippen molar-refractivity contribution in [2.75, 3.05) is 38.6 Å². The second-order valence-electron chi connectivity index (χ2n) is 6.71. The van der Waals surface area contributed by atoms with Gasteiger partial charge in [-0.2, -0.15) is 9.61 Å². The highest BCUT2D eigenvalue weighted by Gasteiger charge is 2.33. The molecule has 1 saturated heterocycles. The summed E-state index contributed by atoms with van der Waals surface area (Å²) < 4.78 is 1.95. The Balaban J connectivity index is 1.90. The van der Waals surface area contributed by atoms with Crippen LogP contribution < -0.4 is 4.90 Å². The lowest BCUT2D eigenvalue weighted by atomic mass is 9.89. The molecule has 0 aromatic carbocycles. The molecule has 0 bridgehead atoms. The minimum Gasteiger partial charge on any atom is -0.359 e. The quantitative estimate of drug-likeness (QED) is 0.862. The Hall–Kier alpha value is -1.62. The number of anilines is 1. The normalized spacial score (nSPS) is 23.0. The van der Waals surface area contributed by atoms with Crippen molar-refractivity contribution < 1.29 is 0 Å². The summed E-state index contributed by atoms with van der Waals surface area (Å²) in [7, 11) is 4.37. The van der Waals surface area contributed by atoms with Crippen LogP contribution in [0.3, 0.4) is 0 Å². The lowest BCUT2D eigenvalue weighted by Crippen LogP contribution is -2.36. The molecule has 5 heteroatoms. The van der Waals surface area contributed by atoms with Gasteiger partial charge in [0, 0.05) is 38.0 Å². The third-order valence-electron chi connectivity index (χ3n) is 4.51. The molecule has 5 nitrogen and oxygen atoms in total. The van der Waals surface area contributed by atoms with Crippen molar-refractivity contribution in [3.8, 4) is 0 Å². The number of aryl methyl sites for hydroxylation is 1. The standard InChI is InChI=1S/C16H25N5/c1-5-13-10-15(21-14(18-13)6-8-17-21)20(4)12-16(2)7-9-19(3)11-16/h6,8,10H,5,7,9,11-12H2,1-4H3. The van der Waals surface area contributed by atoms with Gasteiger partial charge in [0.2, 0.25) is 0 Å². The lowest BCUT2D eigenvalue weighted by molar-refractivity contribution is 0.314. The van der Waals surface area contributed by atoms with Gasteiger partial charge in [0.15, 0.2) is 5.65 Å². The molecule has 1 aliphatic rings. The molecule has 0 spiro atoms. The van der Waals surface area contributed by atoms with Gasteiger partial charge >= 0.3 is 0 Å². The maximum absolute atomic E-state index is 4.62.